The fourth-order valence-corrected chi connectivity index (χ4v) is 3.69. The molecule has 0 bridgehead atoms. The smallest absolute Gasteiger partial charge is 0.407 e. The number of amides is 3. The van der Waals surface area contributed by atoms with Gasteiger partial charge in [0, 0.05) is 31.7 Å². The lowest BCUT2D eigenvalue weighted by atomic mass is 10.0. The van der Waals surface area contributed by atoms with Crippen LogP contribution in [0.15, 0.2) is 18.5 Å². The molecule has 0 radical (unpaired) electrons. The van der Waals surface area contributed by atoms with Gasteiger partial charge in [0.15, 0.2) is 0 Å². The van der Waals surface area contributed by atoms with Crippen LogP contribution < -0.4 is 10.6 Å². The van der Waals surface area contributed by atoms with Gasteiger partial charge in [-0.3, -0.25) is 14.6 Å². The number of anilines is 1. The molecule has 2 saturated heterocycles. The number of alkyl halides is 2. The van der Waals surface area contributed by atoms with Crippen molar-refractivity contribution in [2.24, 2.45) is 0 Å². The molecule has 0 spiro atoms. The standard InChI is InChI=1S/C19H22F2N6O4/c20-19(21)7-13(8-22)27(11-19)16(28)10-24-17(29)14-1-4-23-9-15(14)25-12-2-5-26(6-3-12)18(30)31/h1,4,9,12-13,25H,2-3,5-7,10-11H2,(H,24,29)(H,30,31)/t13-/m0/s1. The first-order valence-corrected chi connectivity index (χ1v) is 9.74. The molecule has 3 heterocycles. The number of aromatic nitrogens is 1. The maximum atomic E-state index is 13.5. The number of likely N-dealkylation sites (tertiary alicyclic amines) is 2. The van der Waals surface area contributed by atoms with Gasteiger partial charge in [0.25, 0.3) is 11.8 Å². The predicted molar refractivity (Wildman–Crippen MR) is 103 cm³/mol. The molecule has 12 heteroatoms. The van der Waals surface area contributed by atoms with Crippen molar-refractivity contribution in [3.8, 4) is 6.07 Å². The SMILES string of the molecule is N#C[C@@H]1CC(F)(F)CN1C(=O)CNC(=O)c1ccncc1NC1CCN(C(=O)O)CC1. The van der Waals surface area contributed by atoms with E-state index >= 15 is 0 Å². The van der Waals surface area contributed by atoms with Crippen LogP contribution in [-0.4, -0.2) is 82.0 Å². The van der Waals surface area contributed by atoms with Crippen molar-refractivity contribution in [1.29, 1.82) is 5.26 Å². The van der Waals surface area contributed by atoms with E-state index in [2.05, 4.69) is 15.6 Å². The maximum Gasteiger partial charge on any atom is 0.407 e. The molecule has 1 aromatic rings. The summed E-state index contributed by atoms with van der Waals surface area (Å²) in [7, 11) is 0. The highest BCUT2D eigenvalue weighted by molar-refractivity contribution is 6.01. The molecule has 0 aromatic carbocycles. The Balaban J connectivity index is 1.58. The molecule has 2 aliphatic rings. The second-order valence-corrected chi connectivity index (χ2v) is 7.52. The van der Waals surface area contributed by atoms with Crippen LogP contribution in [0.25, 0.3) is 0 Å². The fourth-order valence-electron chi connectivity index (χ4n) is 3.69. The Bertz CT molecular complexity index is 898. The van der Waals surface area contributed by atoms with Gasteiger partial charge < -0.3 is 25.5 Å². The number of carbonyl (C=O) groups is 3. The largest absolute Gasteiger partial charge is 0.465 e. The number of pyridine rings is 1. The zero-order chi connectivity index (χ0) is 22.6. The normalized spacial score (nSPS) is 20.7. The second kappa shape index (κ2) is 9.11. The number of hydrogen-bond acceptors (Lipinski definition) is 6. The van der Waals surface area contributed by atoms with Gasteiger partial charge in [0.05, 0.1) is 36.6 Å². The van der Waals surface area contributed by atoms with Gasteiger partial charge in [0.1, 0.15) is 6.04 Å². The van der Waals surface area contributed by atoms with Crippen molar-refractivity contribution in [3.05, 3.63) is 24.0 Å². The van der Waals surface area contributed by atoms with Crippen LogP contribution in [0.5, 0.6) is 0 Å². The molecule has 0 unspecified atom stereocenters. The zero-order valence-corrected chi connectivity index (χ0v) is 16.6. The van der Waals surface area contributed by atoms with Crippen LogP contribution in [0.4, 0.5) is 19.3 Å². The first kappa shape index (κ1) is 22.2. The molecule has 10 nitrogen and oxygen atoms in total. The van der Waals surface area contributed by atoms with Gasteiger partial charge in [-0.15, -0.1) is 0 Å². The number of carbonyl (C=O) groups excluding carboxylic acids is 2. The van der Waals surface area contributed by atoms with Crippen LogP contribution in [-0.2, 0) is 4.79 Å². The third-order valence-electron chi connectivity index (χ3n) is 5.33. The highest BCUT2D eigenvalue weighted by atomic mass is 19.3. The van der Waals surface area contributed by atoms with Crippen LogP contribution in [0.1, 0.15) is 29.6 Å². The van der Waals surface area contributed by atoms with Crippen LogP contribution in [0.2, 0.25) is 0 Å². The summed E-state index contributed by atoms with van der Waals surface area (Å²) in [5, 5.41) is 23.6. The van der Waals surface area contributed by atoms with E-state index in [0.29, 0.717) is 31.6 Å². The summed E-state index contributed by atoms with van der Waals surface area (Å²) < 4.78 is 27.0. The number of nitrogens with one attached hydrogen (secondary N) is 2. The first-order valence-electron chi connectivity index (χ1n) is 9.74. The summed E-state index contributed by atoms with van der Waals surface area (Å²) in [6.07, 6.45) is 2.27. The average molecular weight is 436 g/mol. The van der Waals surface area contributed by atoms with E-state index in [1.54, 1.807) is 6.07 Å². The number of nitriles is 1. The molecule has 166 valence electrons. The van der Waals surface area contributed by atoms with Crippen molar-refractivity contribution in [2.75, 3.05) is 31.5 Å². The molecule has 3 rings (SSSR count). The lowest BCUT2D eigenvalue weighted by Crippen LogP contribution is -2.43. The number of halogens is 2. The van der Waals surface area contributed by atoms with Crippen molar-refractivity contribution in [2.45, 2.75) is 37.3 Å². The maximum absolute atomic E-state index is 13.5. The molecule has 0 aliphatic carbocycles. The third-order valence-corrected chi connectivity index (χ3v) is 5.33. The van der Waals surface area contributed by atoms with Crippen molar-refractivity contribution < 1.29 is 28.3 Å². The van der Waals surface area contributed by atoms with E-state index < -0.39 is 49.4 Å². The molecule has 2 aliphatic heterocycles. The fraction of sp³-hybridized carbons (Fsp3) is 0.526. The molecule has 3 N–H and O–H groups in total. The van der Waals surface area contributed by atoms with E-state index in [4.69, 9.17) is 10.4 Å². The van der Waals surface area contributed by atoms with Crippen LogP contribution in [0.3, 0.4) is 0 Å². The minimum atomic E-state index is -3.13. The Kier molecular flexibility index (Phi) is 6.53. The summed E-state index contributed by atoms with van der Waals surface area (Å²) >= 11 is 0. The Labute approximate surface area is 176 Å². The number of piperidine rings is 1. The van der Waals surface area contributed by atoms with Crippen LogP contribution >= 0.6 is 0 Å². The highest BCUT2D eigenvalue weighted by Gasteiger charge is 2.47. The van der Waals surface area contributed by atoms with E-state index in [1.807, 2.05) is 0 Å². The zero-order valence-electron chi connectivity index (χ0n) is 16.6. The molecule has 3 amide bonds. The Morgan fingerprint density at radius 3 is 2.68 bits per heavy atom. The van der Waals surface area contributed by atoms with Gasteiger partial charge >= 0.3 is 6.09 Å². The van der Waals surface area contributed by atoms with Gasteiger partial charge in [0.2, 0.25) is 5.91 Å². The Morgan fingerprint density at radius 2 is 2.03 bits per heavy atom. The summed E-state index contributed by atoms with van der Waals surface area (Å²) in [6.45, 7) is -0.642. The number of hydrogen-bond donors (Lipinski definition) is 3. The second-order valence-electron chi connectivity index (χ2n) is 7.52. The van der Waals surface area contributed by atoms with Crippen molar-refractivity contribution in [3.63, 3.8) is 0 Å². The molecule has 2 fully saturated rings. The molecular formula is C19H22F2N6O4. The Morgan fingerprint density at radius 1 is 1.32 bits per heavy atom. The van der Waals surface area contributed by atoms with E-state index in [9.17, 15) is 23.2 Å². The number of nitrogens with zero attached hydrogens (tertiary/aromatic N) is 4. The molecular weight excluding hydrogens is 414 g/mol. The lowest BCUT2D eigenvalue weighted by Gasteiger charge is -2.31. The van der Waals surface area contributed by atoms with Gasteiger partial charge in [-0.1, -0.05) is 0 Å². The predicted octanol–water partition coefficient (Wildman–Crippen LogP) is 1.13. The summed E-state index contributed by atoms with van der Waals surface area (Å²) in [5.41, 5.74) is 0.635. The molecule has 1 aromatic heterocycles. The third kappa shape index (κ3) is 5.36. The van der Waals surface area contributed by atoms with Crippen molar-refractivity contribution in [1.82, 2.24) is 20.1 Å². The number of carboxylic acid groups (broad SMARTS) is 1. The van der Waals surface area contributed by atoms with Gasteiger partial charge in [-0.25, -0.2) is 13.6 Å². The Hall–Kier alpha value is -3.49. The van der Waals surface area contributed by atoms with Crippen LogP contribution in [0, 0.1) is 11.3 Å². The van der Waals surface area contributed by atoms with Gasteiger partial charge in [-0.05, 0) is 18.9 Å². The van der Waals surface area contributed by atoms with E-state index in [0.717, 1.165) is 4.90 Å². The molecule has 31 heavy (non-hydrogen) atoms. The summed E-state index contributed by atoms with van der Waals surface area (Å²) in [5.74, 6) is -4.49. The first-order chi connectivity index (χ1) is 14.7. The van der Waals surface area contributed by atoms with Gasteiger partial charge in [-0.2, -0.15) is 5.26 Å². The van der Waals surface area contributed by atoms with E-state index in [-0.39, 0.29) is 11.6 Å². The highest BCUT2D eigenvalue weighted by Crippen LogP contribution is 2.31. The van der Waals surface area contributed by atoms with Crippen molar-refractivity contribution >= 4 is 23.6 Å². The van der Waals surface area contributed by atoms with E-state index in [1.165, 1.54) is 23.4 Å². The minimum Gasteiger partial charge on any atom is -0.465 e. The topological polar surface area (TPSA) is 139 Å². The quantitative estimate of drug-likeness (QED) is 0.629. The monoisotopic (exact) mass is 436 g/mol. The summed E-state index contributed by atoms with van der Waals surface area (Å²) in [4.78, 5) is 42.0. The average Bonchev–Trinajstić information content (AvgIpc) is 3.07. The lowest BCUT2D eigenvalue weighted by molar-refractivity contribution is -0.131. The summed E-state index contributed by atoms with van der Waals surface area (Å²) in [6, 6.07) is 1.86. The minimum absolute atomic E-state index is 0.0591. The molecule has 1 atom stereocenters. The molecule has 0 saturated carbocycles. The number of rotatable bonds is 5.